The Morgan fingerprint density at radius 2 is 1.64 bits per heavy atom. The molecule has 2 heterocycles. The van der Waals surface area contributed by atoms with Gasteiger partial charge in [-0.25, -0.2) is 9.97 Å². The molecule has 0 aliphatic carbocycles. The van der Waals surface area contributed by atoms with Crippen molar-refractivity contribution >= 4 is 22.8 Å². The number of hydrogen-bond acceptors (Lipinski definition) is 3. The van der Waals surface area contributed by atoms with E-state index in [1.54, 1.807) is 18.1 Å². The molecule has 4 aromatic rings. The summed E-state index contributed by atoms with van der Waals surface area (Å²) in [5, 5.41) is 2.18. The van der Waals surface area contributed by atoms with Gasteiger partial charge >= 0.3 is 0 Å². The summed E-state index contributed by atoms with van der Waals surface area (Å²) in [7, 11) is 0. The van der Waals surface area contributed by atoms with Crippen LogP contribution in [0.15, 0.2) is 70.8 Å². The van der Waals surface area contributed by atoms with E-state index in [2.05, 4.69) is 96.8 Å². The van der Waals surface area contributed by atoms with Crippen LogP contribution in [0.2, 0.25) is 0 Å². The molecule has 0 saturated carbocycles. The van der Waals surface area contributed by atoms with Crippen LogP contribution in [0.4, 0.5) is 0 Å². The van der Waals surface area contributed by atoms with Gasteiger partial charge in [-0.15, -0.1) is 0 Å². The molecule has 142 valence electrons. The quantitative estimate of drug-likeness (QED) is 0.373. The summed E-state index contributed by atoms with van der Waals surface area (Å²) in [4.78, 5) is 10.5. The number of rotatable bonds is 5. The van der Waals surface area contributed by atoms with Gasteiger partial charge in [-0.3, -0.25) is 0 Å². The predicted molar refractivity (Wildman–Crippen MR) is 117 cm³/mol. The Hall–Kier alpha value is -2.59. The fraction of sp³-hybridized carbons (Fsp3) is 0.250. The summed E-state index contributed by atoms with van der Waals surface area (Å²) in [5.41, 5.74) is 6.15. The van der Waals surface area contributed by atoms with Gasteiger partial charge in [0.05, 0.1) is 5.39 Å². The van der Waals surface area contributed by atoms with Crippen molar-refractivity contribution in [1.82, 2.24) is 14.5 Å². The minimum Gasteiger partial charge on any atom is -0.325 e. The first-order chi connectivity index (χ1) is 13.5. The van der Waals surface area contributed by atoms with Gasteiger partial charge < -0.3 is 4.57 Å². The summed E-state index contributed by atoms with van der Waals surface area (Å²) >= 11 is 1.72. The van der Waals surface area contributed by atoms with E-state index in [4.69, 9.17) is 0 Å². The van der Waals surface area contributed by atoms with Crippen molar-refractivity contribution in [2.24, 2.45) is 0 Å². The standard InChI is InChI=1S/C24H25N3S/c1-16(2)20-10-12-21(13-11-20)28-24-22-17(3)18(4)27(23(22)25-15-26-24)14-19-8-6-5-7-9-19/h5-13,15-16H,14H2,1-4H3. The second kappa shape index (κ2) is 7.80. The van der Waals surface area contributed by atoms with Gasteiger partial charge in [-0.05, 0) is 48.6 Å². The van der Waals surface area contributed by atoms with Gasteiger partial charge in [-0.2, -0.15) is 0 Å². The average molecular weight is 388 g/mol. The fourth-order valence-corrected chi connectivity index (χ4v) is 4.45. The zero-order chi connectivity index (χ0) is 19.7. The highest BCUT2D eigenvalue weighted by Gasteiger charge is 2.17. The molecule has 28 heavy (non-hydrogen) atoms. The summed E-state index contributed by atoms with van der Waals surface area (Å²) in [6.07, 6.45) is 1.69. The Labute approximate surface area is 170 Å². The Kier molecular flexibility index (Phi) is 5.23. The zero-order valence-corrected chi connectivity index (χ0v) is 17.6. The van der Waals surface area contributed by atoms with Crippen molar-refractivity contribution < 1.29 is 0 Å². The van der Waals surface area contributed by atoms with E-state index in [0.717, 1.165) is 22.6 Å². The molecule has 0 aliphatic heterocycles. The molecule has 0 spiro atoms. The molecule has 0 radical (unpaired) electrons. The average Bonchev–Trinajstić information content (AvgIpc) is 2.95. The molecule has 2 aromatic carbocycles. The lowest BCUT2D eigenvalue weighted by atomic mass is 10.0. The third-order valence-corrected chi connectivity index (χ3v) is 6.33. The highest BCUT2D eigenvalue weighted by atomic mass is 32.2. The number of fused-ring (bicyclic) bond motifs is 1. The molecule has 4 rings (SSSR count). The van der Waals surface area contributed by atoms with Gasteiger partial charge in [0.25, 0.3) is 0 Å². The highest BCUT2D eigenvalue weighted by Crippen LogP contribution is 2.35. The number of hydrogen-bond donors (Lipinski definition) is 0. The lowest BCUT2D eigenvalue weighted by molar-refractivity contribution is 0.789. The van der Waals surface area contributed by atoms with Gasteiger partial charge in [0.15, 0.2) is 0 Å². The van der Waals surface area contributed by atoms with Crippen LogP contribution in [0.1, 0.15) is 42.1 Å². The predicted octanol–water partition coefficient (Wildman–Crippen LogP) is 6.37. The van der Waals surface area contributed by atoms with Crippen molar-refractivity contribution in [3.8, 4) is 0 Å². The van der Waals surface area contributed by atoms with Crippen LogP contribution in [0, 0.1) is 13.8 Å². The van der Waals surface area contributed by atoms with Gasteiger partial charge in [0.2, 0.25) is 0 Å². The maximum absolute atomic E-state index is 4.64. The first-order valence-electron chi connectivity index (χ1n) is 9.66. The largest absolute Gasteiger partial charge is 0.325 e. The van der Waals surface area contributed by atoms with Crippen LogP contribution in [-0.4, -0.2) is 14.5 Å². The van der Waals surface area contributed by atoms with Gasteiger partial charge in [0.1, 0.15) is 17.0 Å². The van der Waals surface area contributed by atoms with Gasteiger partial charge in [0, 0.05) is 17.1 Å². The summed E-state index contributed by atoms with van der Waals surface area (Å²) < 4.78 is 2.30. The number of nitrogens with zero attached hydrogens (tertiary/aromatic N) is 3. The first kappa shape index (κ1) is 18.8. The topological polar surface area (TPSA) is 30.7 Å². The third kappa shape index (κ3) is 3.57. The van der Waals surface area contributed by atoms with E-state index >= 15 is 0 Å². The molecule has 0 aliphatic rings. The number of aryl methyl sites for hydroxylation is 1. The molecule has 0 saturated heterocycles. The molecule has 0 unspecified atom stereocenters. The van der Waals surface area contributed by atoms with E-state index in [1.165, 1.54) is 27.3 Å². The normalized spacial score (nSPS) is 11.5. The van der Waals surface area contributed by atoms with Crippen LogP contribution < -0.4 is 0 Å². The second-order valence-corrected chi connectivity index (χ2v) is 8.55. The number of aromatic nitrogens is 3. The SMILES string of the molecule is Cc1c(C)n(Cc2ccccc2)c2ncnc(Sc3ccc(C(C)C)cc3)c12. The molecule has 2 aromatic heterocycles. The van der Waals surface area contributed by atoms with E-state index < -0.39 is 0 Å². The molecule has 0 amide bonds. The Balaban J connectivity index is 1.73. The molecule has 0 N–H and O–H groups in total. The first-order valence-corrected chi connectivity index (χ1v) is 10.5. The Morgan fingerprint density at radius 3 is 2.32 bits per heavy atom. The molecule has 0 bridgehead atoms. The van der Waals surface area contributed by atoms with E-state index in [0.29, 0.717) is 5.92 Å². The van der Waals surface area contributed by atoms with Crippen molar-refractivity contribution in [2.75, 3.05) is 0 Å². The van der Waals surface area contributed by atoms with Crippen molar-refractivity contribution in [1.29, 1.82) is 0 Å². The lowest BCUT2D eigenvalue weighted by Gasteiger charge is -2.09. The van der Waals surface area contributed by atoms with Crippen LogP contribution in [0.3, 0.4) is 0 Å². The van der Waals surface area contributed by atoms with Crippen molar-refractivity contribution in [3.05, 3.63) is 83.3 Å². The monoisotopic (exact) mass is 387 g/mol. The van der Waals surface area contributed by atoms with Crippen LogP contribution in [0.25, 0.3) is 11.0 Å². The maximum atomic E-state index is 4.64. The van der Waals surface area contributed by atoms with E-state index in [-0.39, 0.29) is 0 Å². The van der Waals surface area contributed by atoms with E-state index in [1.807, 2.05) is 0 Å². The smallest absolute Gasteiger partial charge is 0.145 e. The van der Waals surface area contributed by atoms with Gasteiger partial charge in [-0.1, -0.05) is 68.1 Å². The van der Waals surface area contributed by atoms with Crippen LogP contribution in [-0.2, 0) is 6.54 Å². The zero-order valence-electron chi connectivity index (χ0n) is 16.8. The maximum Gasteiger partial charge on any atom is 0.145 e. The number of benzene rings is 2. The molecular formula is C24H25N3S. The molecule has 0 fully saturated rings. The van der Waals surface area contributed by atoms with Crippen molar-refractivity contribution in [3.63, 3.8) is 0 Å². The fourth-order valence-electron chi connectivity index (χ4n) is 3.50. The highest BCUT2D eigenvalue weighted by molar-refractivity contribution is 7.99. The molecule has 0 atom stereocenters. The van der Waals surface area contributed by atoms with Crippen LogP contribution in [0.5, 0.6) is 0 Å². The summed E-state index contributed by atoms with van der Waals surface area (Å²) in [5.74, 6) is 0.543. The summed E-state index contributed by atoms with van der Waals surface area (Å²) in [6.45, 7) is 9.61. The van der Waals surface area contributed by atoms with Crippen LogP contribution >= 0.6 is 11.8 Å². The molecule has 4 heteroatoms. The Morgan fingerprint density at radius 1 is 0.929 bits per heavy atom. The molecular weight excluding hydrogens is 362 g/mol. The third-order valence-electron chi connectivity index (χ3n) is 5.32. The minimum atomic E-state index is 0.543. The summed E-state index contributed by atoms with van der Waals surface area (Å²) in [6, 6.07) is 19.3. The minimum absolute atomic E-state index is 0.543. The molecule has 3 nitrogen and oxygen atoms in total. The van der Waals surface area contributed by atoms with Crippen molar-refractivity contribution in [2.45, 2.75) is 50.1 Å². The lowest BCUT2D eigenvalue weighted by Crippen LogP contribution is -2.03. The Bertz CT molecular complexity index is 1100. The second-order valence-electron chi connectivity index (χ2n) is 7.49. The van der Waals surface area contributed by atoms with E-state index in [9.17, 15) is 0 Å².